The Morgan fingerprint density at radius 3 is 2.50 bits per heavy atom. The molecule has 0 aliphatic carbocycles. The Morgan fingerprint density at radius 2 is 1.90 bits per heavy atom. The SMILES string of the molecule is COc1cncc(-c2ccc(C#N)c(C(F)(F)F)c2)c1. The number of pyridine rings is 1. The van der Waals surface area contributed by atoms with Crippen LogP contribution in [0.5, 0.6) is 5.75 Å². The molecule has 0 bridgehead atoms. The predicted octanol–water partition coefficient (Wildman–Crippen LogP) is 3.65. The minimum atomic E-state index is -4.58. The van der Waals surface area contributed by atoms with Gasteiger partial charge in [0.1, 0.15) is 5.75 Å². The minimum Gasteiger partial charge on any atom is -0.495 e. The molecule has 2 rings (SSSR count). The zero-order chi connectivity index (χ0) is 14.8. The van der Waals surface area contributed by atoms with E-state index in [2.05, 4.69) is 4.98 Å². The third kappa shape index (κ3) is 2.72. The van der Waals surface area contributed by atoms with Crippen LogP contribution < -0.4 is 4.74 Å². The lowest BCUT2D eigenvalue weighted by atomic mass is 10.0. The van der Waals surface area contributed by atoms with Crippen molar-refractivity contribution in [3.05, 3.63) is 47.8 Å². The number of hydrogen-bond donors (Lipinski definition) is 0. The van der Waals surface area contributed by atoms with E-state index in [1.165, 1.54) is 25.6 Å². The van der Waals surface area contributed by atoms with Gasteiger partial charge < -0.3 is 4.74 Å². The van der Waals surface area contributed by atoms with Gasteiger partial charge in [-0.1, -0.05) is 6.07 Å². The van der Waals surface area contributed by atoms with Crippen LogP contribution >= 0.6 is 0 Å². The summed E-state index contributed by atoms with van der Waals surface area (Å²) in [6.45, 7) is 0. The number of rotatable bonds is 2. The molecular weight excluding hydrogens is 269 g/mol. The Kier molecular flexibility index (Phi) is 3.61. The summed E-state index contributed by atoms with van der Waals surface area (Å²) in [6.07, 6.45) is -1.69. The standard InChI is InChI=1S/C14H9F3N2O/c1-20-12-4-11(7-19-8-12)9-2-3-10(6-18)13(5-9)14(15,16)17/h2-5,7-8H,1H3. The lowest BCUT2D eigenvalue weighted by Crippen LogP contribution is -2.08. The maximum absolute atomic E-state index is 12.9. The van der Waals surface area contributed by atoms with Gasteiger partial charge in [0.2, 0.25) is 0 Å². The van der Waals surface area contributed by atoms with Gasteiger partial charge in [-0.15, -0.1) is 0 Å². The molecule has 0 aliphatic rings. The van der Waals surface area contributed by atoms with Crippen LogP contribution in [0.1, 0.15) is 11.1 Å². The number of alkyl halides is 3. The van der Waals surface area contributed by atoms with E-state index in [0.717, 1.165) is 12.1 Å². The van der Waals surface area contributed by atoms with E-state index in [1.54, 1.807) is 12.1 Å². The van der Waals surface area contributed by atoms with Crippen LogP contribution in [0.15, 0.2) is 36.7 Å². The molecule has 0 atom stereocenters. The van der Waals surface area contributed by atoms with Crippen molar-refractivity contribution in [1.29, 1.82) is 5.26 Å². The molecule has 1 heterocycles. The van der Waals surface area contributed by atoms with E-state index >= 15 is 0 Å². The van der Waals surface area contributed by atoms with E-state index < -0.39 is 17.3 Å². The highest BCUT2D eigenvalue weighted by atomic mass is 19.4. The fourth-order valence-corrected chi connectivity index (χ4v) is 1.74. The molecule has 0 saturated carbocycles. The number of ether oxygens (including phenoxy) is 1. The quantitative estimate of drug-likeness (QED) is 0.842. The molecule has 0 N–H and O–H groups in total. The Labute approximate surface area is 113 Å². The first-order chi connectivity index (χ1) is 9.45. The van der Waals surface area contributed by atoms with Crippen LogP contribution in [0.3, 0.4) is 0 Å². The second-order valence-electron chi connectivity index (χ2n) is 3.98. The average Bonchev–Trinajstić information content (AvgIpc) is 2.45. The van der Waals surface area contributed by atoms with E-state index in [4.69, 9.17) is 10.00 Å². The maximum Gasteiger partial charge on any atom is 0.417 e. The fraction of sp³-hybridized carbons (Fsp3) is 0.143. The minimum absolute atomic E-state index is 0.322. The molecule has 0 radical (unpaired) electrons. The monoisotopic (exact) mass is 278 g/mol. The zero-order valence-corrected chi connectivity index (χ0v) is 10.4. The molecule has 0 aliphatic heterocycles. The fourth-order valence-electron chi connectivity index (χ4n) is 1.74. The van der Waals surface area contributed by atoms with E-state index in [9.17, 15) is 13.2 Å². The molecule has 6 heteroatoms. The number of benzene rings is 1. The highest BCUT2D eigenvalue weighted by molar-refractivity contribution is 5.66. The lowest BCUT2D eigenvalue weighted by molar-refractivity contribution is -0.137. The Bertz CT molecular complexity index is 675. The first-order valence-electron chi connectivity index (χ1n) is 5.56. The first kappa shape index (κ1) is 13.9. The largest absolute Gasteiger partial charge is 0.495 e. The van der Waals surface area contributed by atoms with Crippen molar-refractivity contribution in [3.63, 3.8) is 0 Å². The highest BCUT2D eigenvalue weighted by Gasteiger charge is 2.33. The highest BCUT2D eigenvalue weighted by Crippen LogP contribution is 2.35. The third-order valence-electron chi connectivity index (χ3n) is 2.73. The van der Waals surface area contributed by atoms with Gasteiger partial charge in [0, 0.05) is 11.8 Å². The molecule has 3 nitrogen and oxygen atoms in total. The molecule has 0 spiro atoms. The van der Waals surface area contributed by atoms with Crippen LogP contribution in [-0.2, 0) is 6.18 Å². The van der Waals surface area contributed by atoms with Crippen LogP contribution in [0.25, 0.3) is 11.1 Å². The summed E-state index contributed by atoms with van der Waals surface area (Å²) in [6, 6.07) is 6.66. The lowest BCUT2D eigenvalue weighted by Gasteiger charge is -2.11. The van der Waals surface area contributed by atoms with Crippen molar-refractivity contribution in [1.82, 2.24) is 4.98 Å². The normalized spacial score (nSPS) is 10.9. The summed E-state index contributed by atoms with van der Waals surface area (Å²) < 4.78 is 43.6. The molecule has 0 unspecified atom stereocenters. The number of halogens is 3. The molecule has 20 heavy (non-hydrogen) atoms. The molecule has 2 aromatic rings. The van der Waals surface area contributed by atoms with Gasteiger partial charge in [-0.25, -0.2) is 0 Å². The van der Waals surface area contributed by atoms with Crippen molar-refractivity contribution in [2.24, 2.45) is 0 Å². The molecular formula is C14H9F3N2O. The summed E-state index contributed by atoms with van der Waals surface area (Å²) in [5, 5.41) is 8.74. The van der Waals surface area contributed by atoms with E-state index in [-0.39, 0.29) is 0 Å². The third-order valence-corrected chi connectivity index (χ3v) is 2.73. The smallest absolute Gasteiger partial charge is 0.417 e. The van der Waals surface area contributed by atoms with Gasteiger partial charge in [0.05, 0.1) is 30.5 Å². The van der Waals surface area contributed by atoms with Crippen LogP contribution in [0.4, 0.5) is 13.2 Å². The Morgan fingerprint density at radius 1 is 1.15 bits per heavy atom. The molecule has 102 valence electrons. The summed E-state index contributed by atoms with van der Waals surface area (Å²) in [5.74, 6) is 0.445. The second-order valence-corrected chi connectivity index (χ2v) is 3.98. The molecule has 1 aromatic carbocycles. The number of aromatic nitrogens is 1. The van der Waals surface area contributed by atoms with Gasteiger partial charge >= 0.3 is 6.18 Å². The van der Waals surface area contributed by atoms with Gasteiger partial charge in [-0.05, 0) is 23.8 Å². The van der Waals surface area contributed by atoms with Crippen molar-refractivity contribution in [3.8, 4) is 22.9 Å². The second kappa shape index (κ2) is 5.21. The summed E-state index contributed by atoms with van der Waals surface area (Å²) in [4.78, 5) is 3.90. The van der Waals surface area contributed by atoms with E-state index in [0.29, 0.717) is 16.9 Å². The molecule has 0 saturated heterocycles. The van der Waals surface area contributed by atoms with Gasteiger partial charge in [0.25, 0.3) is 0 Å². The molecule has 1 aromatic heterocycles. The average molecular weight is 278 g/mol. The topological polar surface area (TPSA) is 45.9 Å². The summed E-state index contributed by atoms with van der Waals surface area (Å²) in [7, 11) is 1.45. The van der Waals surface area contributed by atoms with Crippen LogP contribution in [-0.4, -0.2) is 12.1 Å². The number of hydrogen-bond acceptors (Lipinski definition) is 3. The molecule has 0 fully saturated rings. The van der Waals surface area contributed by atoms with Crippen LogP contribution in [0.2, 0.25) is 0 Å². The van der Waals surface area contributed by atoms with Crippen LogP contribution in [0, 0.1) is 11.3 Å². The summed E-state index contributed by atoms with van der Waals surface area (Å²) in [5.41, 5.74) is -0.556. The molecule has 0 amide bonds. The number of nitriles is 1. The maximum atomic E-state index is 12.9. The van der Waals surface area contributed by atoms with E-state index in [1.807, 2.05) is 0 Å². The van der Waals surface area contributed by atoms with Gasteiger partial charge in [-0.2, -0.15) is 18.4 Å². The van der Waals surface area contributed by atoms with Crippen molar-refractivity contribution in [2.75, 3.05) is 7.11 Å². The number of nitrogens with zero attached hydrogens (tertiary/aromatic N) is 2. The first-order valence-corrected chi connectivity index (χ1v) is 5.56. The van der Waals surface area contributed by atoms with Gasteiger partial charge in [0.15, 0.2) is 0 Å². The number of methoxy groups -OCH3 is 1. The van der Waals surface area contributed by atoms with Crippen molar-refractivity contribution >= 4 is 0 Å². The zero-order valence-electron chi connectivity index (χ0n) is 10.4. The Hall–Kier alpha value is -2.55. The Balaban J connectivity index is 2.56. The van der Waals surface area contributed by atoms with Crippen molar-refractivity contribution < 1.29 is 17.9 Å². The van der Waals surface area contributed by atoms with Gasteiger partial charge in [-0.3, -0.25) is 4.98 Å². The van der Waals surface area contributed by atoms with Crippen molar-refractivity contribution in [2.45, 2.75) is 6.18 Å². The predicted molar refractivity (Wildman–Crippen MR) is 65.9 cm³/mol. The summed E-state index contributed by atoms with van der Waals surface area (Å²) >= 11 is 0.